The van der Waals surface area contributed by atoms with Crippen LogP contribution < -0.4 is 32.5 Å². The van der Waals surface area contributed by atoms with Crippen molar-refractivity contribution in [3.63, 3.8) is 0 Å². The molecule has 10 nitrogen and oxygen atoms in total. The molecule has 3 atom stereocenters. The van der Waals surface area contributed by atoms with Gasteiger partial charge in [0.1, 0.15) is 17.4 Å². The van der Waals surface area contributed by atoms with Gasteiger partial charge in [0.25, 0.3) is 16.8 Å². The number of halogens is 2. The van der Waals surface area contributed by atoms with Crippen LogP contribution in [-0.4, -0.2) is 34.7 Å². The second kappa shape index (κ2) is 13.9. The average molecular weight is 605 g/mol. The number of hydrogen-bond donors (Lipinski definition) is 4. The van der Waals surface area contributed by atoms with Crippen LogP contribution in [0.25, 0.3) is 0 Å². The molecule has 2 aromatic carbocycles. The van der Waals surface area contributed by atoms with Gasteiger partial charge < -0.3 is 20.7 Å². The van der Waals surface area contributed by atoms with E-state index in [2.05, 4.69) is 20.9 Å². The Balaban J connectivity index is 1.81. The highest BCUT2D eigenvalue weighted by molar-refractivity contribution is 6.40. The number of carbonyl (C=O) groups excluding carboxylic acids is 2. The predicted octanol–water partition coefficient (Wildman–Crippen LogP) is 4.88. The third-order valence-electron chi connectivity index (χ3n) is 6.44. The van der Waals surface area contributed by atoms with Gasteiger partial charge in [0.05, 0.1) is 15.6 Å². The fraction of sp³-hybridized carbons (Fsp3) is 0.414. The van der Waals surface area contributed by atoms with E-state index in [0.717, 1.165) is 12.8 Å². The summed E-state index contributed by atoms with van der Waals surface area (Å²) >= 11 is 12.2. The van der Waals surface area contributed by atoms with Gasteiger partial charge in [-0.15, -0.1) is 0 Å². The van der Waals surface area contributed by atoms with Gasteiger partial charge in [0.2, 0.25) is 0 Å². The molecule has 3 rings (SSSR count). The van der Waals surface area contributed by atoms with Gasteiger partial charge in [-0.1, -0.05) is 62.0 Å². The van der Waals surface area contributed by atoms with Gasteiger partial charge in [0, 0.05) is 37.0 Å². The number of nitrogens with two attached hydrogens (primary N) is 1. The maximum atomic E-state index is 13.3. The Hall–Kier alpha value is -3.47. The van der Waals surface area contributed by atoms with Crippen LogP contribution in [-0.2, 0) is 16.0 Å². The van der Waals surface area contributed by atoms with Crippen molar-refractivity contribution in [2.24, 2.45) is 5.73 Å². The van der Waals surface area contributed by atoms with Crippen LogP contribution in [0.2, 0.25) is 10.0 Å². The number of hydrogen-bond acceptors (Lipinski definition) is 9. The molecule has 0 saturated heterocycles. The lowest BCUT2D eigenvalue weighted by molar-refractivity contribution is -0.159. The summed E-state index contributed by atoms with van der Waals surface area (Å²) in [5, 5.41) is 8.97. The van der Waals surface area contributed by atoms with E-state index in [1.165, 1.54) is 12.4 Å². The highest BCUT2D eigenvalue weighted by Crippen LogP contribution is 2.25. The zero-order chi connectivity index (χ0) is 30.3. The Labute approximate surface area is 248 Å². The molecule has 1 amide bonds. The van der Waals surface area contributed by atoms with Crippen LogP contribution in [0.4, 0.5) is 17.1 Å². The van der Waals surface area contributed by atoms with Crippen LogP contribution >= 0.6 is 23.2 Å². The predicted molar refractivity (Wildman–Crippen MR) is 163 cm³/mol. The number of ether oxygens (including phenoxy) is 1. The first kappa shape index (κ1) is 32.0. The molecule has 0 aliphatic heterocycles. The summed E-state index contributed by atoms with van der Waals surface area (Å²) in [6.07, 6.45) is 5.59. The second-order valence-corrected chi connectivity index (χ2v) is 11.1. The monoisotopic (exact) mass is 603 g/mol. The van der Waals surface area contributed by atoms with Gasteiger partial charge in [-0.3, -0.25) is 25.1 Å². The lowest BCUT2D eigenvalue weighted by atomic mass is 10.0. The molecule has 0 bridgehead atoms. The number of rotatable bonds is 14. The zero-order valence-corrected chi connectivity index (χ0v) is 25.0. The molecule has 5 N–H and O–H groups in total. The number of nitrogens with one attached hydrogen (secondary N) is 3. The van der Waals surface area contributed by atoms with Crippen LogP contribution in [0.5, 0.6) is 0 Å². The van der Waals surface area contributed by atoms with Crippen molar-refractivity contribution in [2.75, 3.05) is 16.0 Å². The maximum absolute atomic E-state index is 13.3. The van der Waals surface area contributed by atoms with Gasteiger partial charge in [-0.25, -0.2) is 4.79 Å². The fourth-order valence-electron chi connectivity index (χ4n) is 4.42. The smallest absolute Gasteiger partial charge is 0.330 e. The van der Waals surface area contributed by atoms with Crippen LogP contribution in [0, 0.1) is 0 Å². The van der Waals surface area contributed by atoms with E-state index in [0.29, 0.717) is 24.1 Å². The first-order valence-electron chi connectivity index (χ1n) is 13.4. The van der Waals surface area contributed by atoms with E-state index < -0.39 is 34.5 Å². The van der Waals surface area contributed by atoms with Crippen molar-refractivity contribution in [2.45, 2.75) is 77.6 Å². The summed E-state index contributed by atoms with van der Waals surface area (Å²) in [6, 6.07) is 5.68. The summed E-state index contributed by atoms with van der Waals surface area (Å²) < 4.78 is 5.60. The van der Waals surface area contributed by atoms with Crippen molar-refractivity contribution in [3.8, 4) is 0 Å². The van der Waals surface area contributed by atoms with E-state index in [1.54, 1.807) is 31.2 Å². The van der Waals surface area contributed by atoms with Gasteiger partial charge in [-0.05, 0) is 38.0 Å². The first-order valence-corrected chi connectivity index (χ1v) is 14.2. The number of carbonyl (C=O) groups is 2. The summed E-state index contributed by atoms with van der Waals surface area (Å²) in [6.45, 7) is 7.47. The van der Waals surface area contributed by atoms with Crippen molar-refractivity contribution >= 4 is 52.1 Å². The van der Waals surface area contributed by atoms with Crippen molar-refractivity contribution in [3.05, 3.63) is 78.3 Å². The number of aromatic nitrogens is 1. The van der Waals surface area contributed by atoms with Crippen LogP contribution in [0.1, 0.15) is 69.3 Å². The summed E-state index contributed by atoms with van der Waals surface area (Å²) in [7, 11) is 0. The van der Waals surface area contributed by atoms with Crippen LogP contribution in [0.15, 0.2) is 46.2 Å². The van der Waals surface area contributed by atoms with E-state index >= 15 is 0 Å². The minimum absolute atomic E-state index is 0.0363. The highest BCUT2D eigenvalue weighted by Gasteiger charge is 2.32. The lowest BCUT2D eigenvalue weighted by Crippen LogP contribution is -2.48. The molecule has 0 aliphatic rings. The Kier molecular flexibility index (Phi) is 10.9. The van der Waals surface area contributed by atoms with E-state index in [4.69, 9.17) is 33.7 Å². The molecule has 3 aromatic rings. The molecule has 41 heavy (non-hydrogen) atoms. The Bertz CT molecular complexity index is 1430. The fourth-order valence-corrected chi connectivity index (χ4v) is 4.95. The number of benzene rings is 1. The first-order chi connectivity index (χ1) is 19.4. The number of anilines is 3. The molecule has 1 aromatic heterocycles. The normalized spacial score (nSPS) is 14.1. The molecule has 0 radical (unpaired) electrons. The van der Waals surface area contributed by atoms with Crippen LogP contribution in [0.3, 0.4) is 0 Å². The molecule has 0 spiro atoms. The zero-order valence-electron chi connectivity index (χ0n) is 23.5. The van der Waals surface area contributed by atoms with Crippen molar-refractivity contribution < 1.29 is 14.3 Å². The molecule has 1 heterocycles. The third-order valence-corrected chi connectivity index (χ3v) is 7.01. The van der Waals surface area contributed by atoms with E-state index in [1.807, 2.05) is 20.8 Å². The number of pyridine rings is 1. The number of nitrogens with zero attached hydrogens (tertiary/aromatic N) is 1. The standard InChI is InChI=1S/C29H35Cl2N5O5/c1-5-7-16(3)34-23-24(26(38)25(23)37)36-21(28(40)41-29(4,32)12-6-2)13-17-8-10-18(11-9-17)35-27(39)22-19(30)14-33-15-20(22)31/h8-11,14-16,21,34,36H,5-7,12-13,32H2,1-4H3,(H,35,39)/t16-,21-,29?/m0/s1. The Morgan fingerprint density at radius 1 is 1.00 bits per heavy atom. The average Bonchev–Trinajstić information content (AvgIpc) is 2.90. The Morgan fingerprint density at radius 3 is 2.15 bits per heavy atom. The number of amides is 1. The van der Waals surface area contributed by atoms with Crippen molar-refractivity contribution in [1.29, 1.82) is 0 Å². The largest absolute Gasteiger partial charge is 0.443 e. The molecule has 220 valence electrons. The molecule has 0 saturated carbocycles. The molecule has 0 fully saturated rings. The topological polar surface area (TPSA) is 153 Å². The minimum atomic E-state index is -1.21. The lowest BCUT2D eigenvalue weighted by Gasteiger charge is -2.29. The van der Waals surface area contributed by atoms with E-state index in [9.17, 15) is 19.2 Å². The summed E-state index contributed by atoms with van der Waals surface area (Å²) in [5.41, 5.74) is 5.08. The van der Waals surface area contributed by atoms with E-state index in [-0.39, 0.29) is 39.4 Å². The quantitative estimate of drug-likeness (QED) is 0.115. The molecular formula is C29H35Cl2N5O5. The minimum Gasteiger partial charge on any atom is -0.443 e. The Morgan fingerprint density at radius 2 is 1.59 bits per heavy atom. The highest BCUT2D eigenvalue weighted by atomic mass is 35.5. The molecular weight excluding hydrogens is 569 g/mol. The molecule has 0 aliphatic carbocycles. The molecule has 1 unspecified atom stereocenters. The molecule has 12 heteroatoms. The van der Waals surface area contributed by atoms with Gasteiger partial charge >= 0.3 is 5.97 Å². The SMILES string of the molecule is CCC[C@H](C)Nc1c(N[C@@H](Cc2ccc(NC(=O)c3c(Cl)cncc3Cl)cc2)C(=O)OC(C)(N)CCC)c(=O)c1=O. The van der Waals surface area contributed by atoms with Gasteiger partial charge in [0.15, 0.2) is 5.72 Å². The number of esters is 1. The van der Waals surface area contributed by atoms with Gasteiger partial charge in [-0.2, -0.15) is 0 Å². The second-order valence-electron chi connectivity index (χ2n) is 10.3. The summed E-state index contributed by atoms with van der Waals surface area (Å²) in [4.78, 5) is 54.6. The maximum Gasteiger partial charge on any atom is 0.330 e. The third kappa shape index (κ3) is 8.28. The summed E-state index contributed by atoms with van der Waals surface area (Å²) in [5.74, 6) is -1.17. The van der Waals surface area contributed by atoms with Crippen molar-refractivity contribution in [1.82, 2.24) is 4.98 Å².